The van der Waals surface area contributed by atoms with Gasteiger partial charge in [-0.25, -0.2) is 4.98 Å². The van der Waals surface area contributed by atoms with Crippen molar-refractivity contribution in [2.24, 2.45) is 0 Å². The fraction of sp³-hybridized carbons (Fsp3) is 0.500. The van der Waals surface area contributed by atoms with E-state index in [4.69, 9.17) is 9.47 Å². The Hall–Kier alpha value is -1.35. The summed E-state index contributed by atoms with van der Waals surface area (Å²) in [5, 5.41) is 3.21. The number of ether oxygens (including phenoxy) is 2. The van der Waals surface area contributed by atoms with E-state index in [0.29, 0.717) is 23.3 Å². The van der Waals surface area contributed by atoms with Gasteiger partial charge in [-0.05, 0) is 6.26 Å². The van der Waals surface area contributed by atoms with Crippen LogP contribution in [-0.4, -0.2) is 47.1 Å². The summed E-state index contributed by atoms with van der Waals surface area (Å²) in [4.78, 5) is 21.3. The number of nitrogens with zero attached hydrogens (tertiary/aromatic N) is 1. The molecule has 2 heterocycles. The molecule has 20 heavy (non-hydrogen) atoms. The molecule has 0 amide bonds. The molecule has 0 atom stereocenters. The van der Waals surface area contributed by atoms with Crippen LogP contribution in [0.4, 0.5) is 0 Å². The Balaban J connectivity index is 2.20. The molecule has 0 fully saturated rings. The highest BCUT2D eigenvalue weighted by Crippen LogP contribution is 2.17. The first-order chi connectivity index (χ1) is 9.65. The summed E-state index contributed by atoms with van der Waals surface area (Å²) in [6.45, 7) is 0.471. The molecule has 110 valence electrons. The zero-order valence-electron chi connectivity index (χ0n) is 11.6. The molecule has 2 aromatic rings. The van der Waals surface area contributed by atoms with Gasteiger partial charge in [-0.15, -0.1) is 0 Å². The van der Waals surface area contributed by atoms with Gasteiger partial charge in [0.1, 0.15) is 5.52 Å². The lowest BCUT2D eigenvalue weighted by Gasteiger charge is -2.30. The molecule has 0 aromatic carbocycles. The molecule has 2 rings (SSSR count). The number of hydrogen-bond donors (Lipinski definition) is 3. The lowest BCUT2D eigenvalue weighted by Crippen LogP contribution is -2.50. The van der Waals surface area contributed by atoms with Crippen molar-refractivity contribution >= 4 is 22.8 Å². The maximum Gasteiger partial charge on any atom is 0.275 e. The maximum absolute atomic E-state index is 11.6. The summed E-state index contributed by atoms with van der Waals surface area (Å²) in [5.74, 6) is -0.222. The first kappa shape index (κ1) is 15.0. The summed E-state index contributed by atoms with van der Waals surface area (Å²) >= 11 is 1.61. The second-order valence-corrected chi connectivity index (χ2v) is 5.08. The number of aromatic nitrogens is 3. The number of aromatic amines is 2. The van der Waals surface area contributed by atoms with Crippen LogP contribution in [0.1, 0.15) is 5.56 Å². The van der Waals surface area contributed by atoms with E-state index in [-0.39, 0.29) is 5.56 Å². The number of rotatable bonds is 7. The molecule has 2 aromatic heterocycles. The monoisotopic (exact) mass is 298 g/mol. The van der Waals surface area contributed by atoms with Crippen LogP contribution in [-0.2, 0) is 16.0 Å². The first-order valence-corrected chi connectivity index (χ1v) is 7.43. The minimum atomic E-state index is -0.857. The molecule has 0 unspecified atom stereocenters. The Kier molecular flexibility index (Phi) is 4.81. The molecule has 7 nitrogen and oxygen atoms in total. The SMILES string of the molecule is COC(CSC)(NCc1c[nH]c2c(=O)[nH]cnc12)OC. The van der Waals surface area contributed by atoms with Crippen molar-refractivity contribution in [3.63, 3.8) is 0 Å². The van der Waals surface area contributed by atoms with Crippen LogP contribution in [0.2, 0.25) is 0 Å². The highest BCUT2D eigenvalue weighted by molar-refractivity contribution is 7.98. The molecule has 0 radical (unpaired) electrons. The number of hydrogen-bond acceptors (Lipinski definition) is 6. The lowest BCUT2D eigenvalue weighted by molar-refractivity contribution is -0.211. The number of H-pyrrole nitrogens is 2. The quantitative estimate of drug-likeness (QED) is 0.650. The van der Waals surface area contributed by atoms with E-state index >= 15 is 0 Å². The van der Waals surface area contributed by atoms with E-state index in [9.17, 15) is 4.79 Å². The molecule has 0 bridgehead atoms. The summed E-state index contributed by atoms with van der Waals surface area (Å²) < 4.78 is 10.8. The van der Waals surface area contributed by atoms with Gasteiger partial charge >= 0.3 is 0 Å². The van der Waals surface area contributed by atoms with Gasteiger partial charge in [0, 0.05) is 32.5 Å². The molecule has 0 aliphatic rings. The van der Waals surface area contributed by atoms with Gasteiger partial charge in [0.05, 0.1) is 17.6 Å². The Morgan fingerprint density at radius 2 is 2.15 bits per heavy atom. The van der Waals surface area contributed by atoms with E-state index in [1.807, 2.05) is 6.26 Å². The zero-order valence-corrected chi connectivity index (χ0v) is 12.5. The van der Waals surface area contributed by atoms with Gasteiger partial charge in [-0.2, -0.15) is 11.8 Å². The third-order valence-corrected chi connectivity index (χ3v) is 3.76. The van der Waals surface area contributed by atoms with Crippen LogP contribution in [0.5, 0.6) is 0 Å². The average Bonchev–Trinajstić information content (AvgIpc) is 2.88. The van der Waals surface area contributed by atoms with Crippen LogP contribution in [0.3, 0.4) is 0 Å². The van der Waals surface area contributed by atoms with Gasteiger partial charge in [0.25, 0.3) is 5.56 Å². The van der Waals surface area contributed by atoms with Crippen LogP contribution in [0, 0.1) is 0 Å². The molecule has 0 saturated heterocycles. The first-order valence-electron chi connectivity index (χ1n) is 6.03. The lowest BCUT2D eigenvalue weighted by atomic mass is 10.3. The third kappa shape index (κ3) is 2.88. The zero-order chi connectivity index (χ0) is 14.6. The molecule has 8 heteroatoms. The van der Waals surface area contributed by atoms with Gasteiger partial charge in [-0.1, -0.05) is 0 Å². The van der Waals surface area contributed by atoms with Crippen LogP contribution < -0.4 is 10.9 Å². The van der Waals surface area contributed by atoms with Crippen molar-refractivity contribution in [2.45, 2.75) is 12.5 Å². The Bertz CT molecular complexity index is 620. The van der Waals surface area contributed by atoms with Gasteiger partial charge in [0.15, 0.2) is 0 Å². The van der Waals surface area contributed by atoms with Crippen molar-refractivity contribution in [1.29, 1.82) is 0 Å². The largest absolute Gasteiger partial charge is 0.355 e. The van der Waals surface area contributed by atoms with Crippen molar-refractivity contribution in [2.75, 3.05) is 26.2 Å². The molecular formula is C12H18N4O3S. The van der Waals surface area contributed by atoms with Crippen molar-refractivity contribution in [3.8, 4) is 0 Å². The summed E-state index contributed by atoms with van der Waals surface area (Å²) in [7, 11) is 3.18. The predicted octanol–water partition coefficient (Wildman–Crippen LogP) is 0.650. The average molecular weight is 298 g/mol. The number of nitrogens with one attached hydrogen (secondary N) is 3. The van der Waals surface area contributed by atoms with Crippen LogP contribution >= 0.6 is 11.8 Å². The standard InChI is InChI=1S/C12H18N4O3S/c1-18-12(19-2,6-20-3)16-5-8-4-13-10-9(8)14-7-15-11(10)17/h4,7,13,16H,5-6H2,1-3H3,(H,14,15,17). The highest BCUT2D eigenvalue weighted by Gasteiger charge is 2.28. The molecule has 0 spiro atoms. The van der Waals surface area contributed by atoms with E-state index in [0.717, 1.165) is 5.56 Å². The second-order valence-electron chi connectivity index (χ2n) is 4.22. The van der Waals surface area contributed by atoms with Crippen molar-refractivity contribution < 1.29 is 9.47 Å². The number of fused-ring (bicyclic) bond motifs is 1. The van der Waals surface area contributed by atoms with Gasteiger partial charge in [-0.3, -0.25) is 10.1 Å². The summed E-state index contributed by atoms with van der Waals surface area (Å²) in [5.41, 5.74) is 1.81. The maximum atomic E-state index is 11.6. The fourth-order valence-corrected chi connectivity index (χ4v) is 2.67. The molecule has 0 aliphatic heterocycles. The third-order valence-electron chi connectivity index (χ3n) is 3.09. The normalized spacial score (nSPS) is 12.2. The van der Waals surface area contributed by atoms with E-state index < -0.39 is 5.91 Å². The van der Waals surface area contributed by atoms with E-state index in [1.165, 1.54) is 6.33 Å². The summed E-state index contributed by atoms with van der Waals surface area (Å²) in [6.07, 6.45) is 5.13. The van der Waals surface area contributed by atoms with Gasteiger partial charge in [0.2, 0.25) is 5.91 Å². The van der Waals surface area contributed by atoms with E-state index in [1.54, 1.807) is 32.2 Å². The molecule has 0 aliphatic carbocycles. The minimum Gasteiger partial charge on any atom is -0.355 e. The topological polar surface area (TPSA) is 92.0 Å². The minimum absolute atomic E-state index is 0.185. The number of methoxy groups -OCH3 is 2. The van der Waals surface area contributed by atoms with Crippen LogP contribution in [0.25, 0.3) is 11.0 Å². The predicted molar refractivity (Wildman–Crippen MR) is 78.7 cm³/mol. The van der Waals surface area contributed by atoms with Crippen LogP contribution in [0.15, 0.2) is 17.3 Å². The van der Waals surface area contributed by atoms with Crippen molar-refractivity contribution in [1.82, 2.24) is 20.3 Å². The van der Waals surface area contributed by atoms with Gasteiger partial charge < -0.3 is 19.4 Å². The Labute approximate surface area is 120 Å². The molecule has 3 N–H and O–H groups in total. The van der Waals surface area contributed by atoms with E-state index in [2.05, 4.69) is 20.3 Å². The number of thioether (sulfide) groups is 1. The second kappa shape index (κ2) is 6.40. The highest BCUT2D eigenvalue weighted by atomic mass is 32.2. The fourth-order valence-electron chi connectivity index (χ4n) is 1.96. The molecular weight excluding hydrogens is 280 g/mol. The smallest absolute Gasteiger partial charge is 0.275 e. The van der Waals surface area contributed by atoms with Crippen molar-refractivity contribution in [3.05, 3.63) is 28.4 Å². The Morgan fingerprint density at radius 1 is 1.40 bits per heavy atom. The Morgan fingerprint density at radius 3 is 2.80 bits per heavy atom. The molecule has 0 saturated carbocycles. The summed E-state index contributed by atoms with van der Waals surface area (Å²) in [6, 6.07) is 0.